The van der Waals surface area contributed by atoms with Crippen LogP contribution in [-0.4, -0.2) is 9.97 Å². The molecule has 2 aromatic heterocycles. The smallest absolute Gasteiger partial charge is 0.146 e. The van der Waals surface area contributed by atoms with Crippen molar-refractivity contribution in [3.8, 4) is 0 Å². The molecule has 0 unspecified atom stereocenters. The maximum atomic E-state index is 14.2. The van der Waals surface area contributed by atoms with E-state index in [1.807, 2.05) is 37.3 Å². The molecule has 1 atom stereocenters. The number of rotatable bonds is 4. The highest BCUT2D eigenvalue weighted by atomic mass is 19.1. The van der Waals surface area contributed by atoms with Crippen molar-refractivity contribution in [1.82, 2.24) is 9.97 Å². The normalized spacial score (nSPS) is 12.2. The van der Waals surface area contributed by atoms with Crippen LogP contribution in [0.5, 0.6) is 0 Å². The molecule has 2 aromatic carbocycles. The lowest BCUT2D eigenvalue weighted by Gasteiger charge is -2.21. The minimum Gasteiger partial charge on any atom is -0.372 e. The molecule has 124 valence electrons. The van der Waals surface area contributed by atoms with E-state index < -0.39 is 0 Å². The molecule has 0 aliphatic rings. The first-order chi connectivity index (χ1) is 12.2. The second-order valence-electron chi connectivity index (χ2n) is 6.05. The van der Waals surface area contributed by atoms with Gasteiger partial charge in [-0.25, -0.2) is 4.39 Å². The van der Waals surface area contributed by atoms with Crippen molar-refractivity contribution in [1.29, 1.82) is 0 Å². The molecule has 0 radical (unpaired) electrons. The van der Waals surface area contributed by atoms with Crippen molar-refractivity contribution in [2.24, 2.45) is 0 Å². The Morgan fingerprint density at radius 1 is 0.960 bits per heavy atom. The summed E-state index contributed by atoms with van der Waals surface area (Å²) in [7, 11) is 0. The first-order valence-corrected chi connectivity index (χ1v) is 8.22. The molecule has 0 spiro atoms. The number of halogens is 1. The minimum absolute atomic E-state index is 0.184. The molecule has 0 bridgehead atoms. The van der Waals surface area contributed by atoms with Crippen LogP contribution in [0, 0.1) is 12.7 Å². The van der Waals surface area contributed by atoms with Gasteiger partial charge in [-0.2, -0.15) is 0 Å². The van der Waals surface area contributed by atoms with Gasteiger partial charge in [-0.15, -0.1) is 0 Å². The van der Waals surface area contributed by atoms with E-state index >= 15 is 0 Å². The van der Waals surface area contributed by atoms with Crippen LogP contribution in [0.2, 0.25) is 0 Å². The lowest BCUT2D eigenvalue weighted by Crippen LogP contribution is -2.14. The van der Waals surface area contributed by atoms with Crippen molar-refractivity contribution in [2.75, 3.05) is 5.32 Å². The van der Waals surface area contributed by atoms with Gasteiger partial charge in [0.15, 0.2) is 0 Å². The highest BCUT2D eigenvalue weighted by Crippen LogP contribution is 2.34. The molecule has 2 heterocycles. The van der Waals surface area contributed by atoms with Crippen LogP contribution >= 0.6 is 0 Å². The van der Waals surface area contributed by atoms with Crippen LogP contribution in [0.25, 0.3) is 10.9 Å². The molecule has 4 rings (SSSR count). The summed E-state index contributed by atoms with van der Waals surface area (Å²) >= 11 is 0. The van der Waals surface area contributed by atoms with Crippen LogP contribution in [0.4, 0.5) is 10.1 Å². The lowest BCUT2D eigenvalue weighted by atomic mass is 9.96. The number of aryl methyl sites for hydroxylation is 1. The number of fused-ring (bicyclic) bond motifs is 1. The topological polar surface area (TPSA) is 40.7 Å². The number of H-pyrrole nitrogens is 1. The standard InChI is InChI=1S/C21H18FN3/c1-14-20(16-6-2-4-8-18(16)24-14)21(15-10-12-23-13-11-15)25-19-9-5-3-7-17(19)22/h2-13,21,24-25H,1H3/t21-/m1/s1. The van der Waals surface area contributed by atoms with E-state index in [0.29, 0.717) is 5.69 Å². The van der Waals surface area contributed by atoms with Gasteiger partial charge in [0.25, 0.3) is 0 Å². The van der Waals surface area contributed by atoms with Gasteiger partial charge in [-0.05, 0) is 42.8 Å². The lowest BCUT2D eigenvalue weighted by molar-refractivity contribution is 0.628. The first kappa shape index (κ1) is 15.4. The average Bonchev–Trinajstić information content (AvgIpc) is 2.97. The van der Waals surface area contributed by atoms with Crippen LogP contribution < -0.4 is 5.32 Å². The minimum atomic E-state index is -0.265. The summed E-state index contributed by atoms with van der Waals surface area (Å²) < 4.78 is 14.2. The van der Waals surface area contributed by atoms with Crippen molar-refractivity contribution in [3.05, 3.63) is 95.7 Å². The van der Waals surface area contributed by atoms with Crippen molar-refractivity contribution in [2.45, 2.75) is 13.0 Å². The predicted octanol–water partition coefficient (Wildman–Crippen LogP) is 5.21. The van der Waals surface area contributed by atoms with Gasteiger partial charge in [0, 0.05) is 34.6 Å². The number of para-hydroxylation sites is 2. The summed E-state index contributed by atoms with van der Waals surface area (Å²) in [6, 6.07) is 18.6. The summed E-state index contributed by atoms with van der Waals surface area (Å²) in [5.41, 5.74) is 4.77. The number of hydrogen-bond acceptors (Lipinski definition) is 2. The Balaban J connectivity index is 1.88. The number of aromatic amines is 1. The van der Waals surface area contributed by atoms with Gasteiger partial charge >= 0.3 is 0 Å². The Hall–Kier alpha value is -3.14. The third-order valence-electron chi connectivity index (χ3n) is 4.45. The van der Waals surface area contributed by atoms with E-state index in [2.05, 4.69) is 27.4 Å². The molecular formula is C21H18FN3. The number of pyridine rings is 1. The van der Waals surface area contributed by atoms with E-state index in [1.54, 1.807) is 24.5 Å². The zero-order chi connectivity index (χ0) is 17.2. The van der Waals surface area contributed by atoms with Gasteiger partial charge in [0.1, 0.15) is 5.82 Å². The molecule has 4 aromatic rings. The summed E-state index contributed by atoms with van der Waals surface area (Å²) in [5, 5.41) is 4.51. The average molecular weight is 331 g/mol. The monoisotopic (exact) mass is 331 g/mol. The third-order valence-corrected chi connectivity index (χ3v) is 4.45. The number of anilines is 1. The zero-order valence-electron chi connectivity index (χ0n) is 13.8. The second kappa shape index (κ2) is 6.40. The van der Waals surface area contributed by atoms with Crippen molar-refractivity contribution in [3.63, 3.8) is 0 Å². The Morgan fingerprint density at radius 3 is 2.48 bits per heavy atom. The predicted molar refractivity (Wildman–Crippen MR) is 99.1 cm³/mol. The molecule has 25 heavy (non-hydrogen) atoms. The fourth-order valence-corrected chi connectivity index (χ4v) is 3.28. The molecule has 0 saturated carbocycles. The van der Waals surface area contributed by atoms with E-state index in [4.69, 9.17) is 0 Å². The molecule has 0 saturated heterocycles. The van der Waals surface area contributed by atoms with Crippen LogP contribution in [-0.2, 0) is 0 Å². The Kier molecular flexibility index (Phi) is 3.94. The zero-order valence-corrected chi connectivity index (χ0v) is 13.8. The largest absolute Gasteiger partial charge is 0.372 e. The van der Waals surface area contributed by atoms with E-state index in [1.165, 1.54) is 6.07 Å². The molecule has 0 aliphatic heterocycles. The first-order valence-electron chi connectivity index (χ1n) is 8.22. The van der Waals surface area contributed by atoms with Crippen LogP contribution in [0.1, 0.15) is 22.9 Å². The fourth-order valence-electron chi connectivity index (χ4n) is 3.28. The fraction of sp³-hybridized carbons (Fsp3) is 0.0952. The highest BCUT2D eigenvalue weighted by Gasteiger charge is 2.21. The van der Waals surface area contributed by atoms with Gasteiger partial charge in [0.05, 0.1) is 11.7 Å². The number of aromatic nitrogens is 2. The van der Waals surface area contributed by atoms with Crippen molar-refractivity contribution >= 4 is 16.6 Å². The summed E-state index contributed by atoms with van der Waals surface area (Å²) in [6.07, 6.45) is 3.52. The van der Waals surface area contributed by atoms with E-state index in [0.717, 1.165) is 27.7 Å². The van der Waals surface area contributed by atoms with E-state index in [9.17, 15) is 4.39 Å². The quantitative estimate of drug-likeness (QED) is 0.539. The molecule has 3 nitrogen and oxygen atoms in total. The summed E-state index contributed by atoms with van der Waals surface area (Å²) in [6.45, 7) is 2.05. The Labute approximate surface area is 145 Å². The highest BCUT2D eigenvalue weighted by molar-refractivity contribution is 5.86. The van der Waals surface area contributed by atoms with E-state index in [-0.39, 0.29) is 11.9 Å². The number of nitrogens with one attached hydrogen (secondary N) is 2. The number of benzene rings is 2. The number of hydrogen-bond donors (Lipinski definition) is 2. The summed E-state index contributed by atoms with van der Waals surface area (Å²) in [5.74, 6) is -0.265. The molecule has 4 heteroatoms. The van der Waals surface area contributed by atoms with Gasteiger partial charge in [0.2, 0.25) is 0 Å². The maximum Gasteiger partial charge on any atom is 0.146 e. The SMILES string of the molecule is Cc1[nH]c2ccccc2c1[C@H](Nc1ccccc1F)c1ccncc1. The van der Waals surface area contributed by atoms with Gasteiger partial charge in [-0.1, -0.05) is 30.3 Å². The molecule has 2 N–H and O–H groups in total. The molecule has 0 amide bonds. The van der Waals surface area contributed by atoms with Crippen molar-refractivity contribution < 1.29 is 4.39 Å². The molecule has 0 aliphatic carbocycles. The molecule has 0 fully saturated rings. The Bertz CT molecular complexity index is 1010. The van der Waals surface area contributed by atoms with Gasteiger partial charge < -0.3 is 10.3 Å². The van der Waals surface area contributed by atoms with Gasteiger partial charge in [-0.3, -0.25) is 4.98 Å². The number of nitrogens with zero attached hydrogens (tertiary/aromatic N) is 1. The summed E-state index contributed by atoms with van der Waals surface area (Å²) in [4.78, 5) is 7.54. The van der Waals surface area contributed by atoms with Crippen LogP contribution in [0.15, 0.2) is 73.1 Å². The van der Waals surface area contributed by atoms with Crippen LogP contribution in [0.3, 0.4) is 0 Å². The Morgan fingerprint density at radius 2 is 1.68 bits per heavy atom. The maximum absolute atomic E-state index is 14.2. The third kappa shape index (κ3) is 2.87. The second-order valence-corrected chi connectivity index (χ2v) is 6.05. The molecular weight excluding hydrogens is 313 g/mol.